The molecular weight excluding hydrogens is 290 g/mol. The van der Waals surface area contributed by atoms with E-state index in [1.807, 2.05) is 0 Å². The molecule has 0 aliphatic carbocycles. The largest absolute Gasteiger partial charge is 0.338 e. The molecule has 116 valence electrons. The van der Waals surface area contributed by atoms with Crippen molar-refractivity contribution >= 4 is 6.03 Å². The van der Waals surface area contributed by atoms with Gasteiger partial charge in [-0.3, -0.25) is 0 Å². The second-order valence-electron chi connectivity index (χ2n) is 4.69. The van der Waals surface area contributed by atoms with Crippen LogP contribution in [0.1, 0.15) is 17.1 Å². The molecule has 1 aromatic carbocycles. The number of amides is 2. The third-order valence-corrected chi connectivity index (χ3v) is 2.95. The van der Waals surface area contributed by atoms with Crippen LogP contribution in [0.5, 0.6) is 0 Å². The fourth-order valence-corrected chi connectivity index (χ4v) is 1.88. The van der Waals surface area contributed by atoms with E-state index in [0.717, 1.165) is 18.2 Å². The first-order chi connectivity index (χ1) is 10.5. The molecule has 2 rings (SSSR count). The zero-order valence-electron chi connectivity index (χ0n) is 12.1. The average Bonchev–Trinajstić information content (AvgIpc) is 2.49. The van der Waals surface area contributed by atoms with Crippen LogP contribution < -0.4 is 10.6 Å². The quantitative estimate of drug-likeness (QED) is 0.889. The van der Waals surface area contributed by atoms with Crippen molar-refractivity contribution in [1.82, 2.24) is 20.6 Å². The van der Waals surface area contributed by atoms with Gasteiger partial charge in [-0.2, -0.15) is 0 Å². The van der Waals surface area contributed by atoms with Crippen molar-refractivity contribution < 1.29 is 13.6 Å². The molecule has 0 aliphatic rings. The van der Waals surface area contributed by atoms with Gasteiger partial charge in [-0.25, -0.2) is 23.5 Å². The van der Waals surface area contributed by atoms with Crippen LogP contribution in [0, 0.1) is 18.6 Å². The van der Waals surface area contributed by atoms with Gasteiger partial charge in [0.2, 0.25) is 0 Å². The Morgan fingerprint density at radius 2 is 2.05 bits per heavy atom. The highest BCUT2D eigenvalue weighted by Crippen LogP contribution is 2.09. The van der Waals surface area contributed by atoms with Crippen LogP contribution in [0.3, 0.4) is 0 Å². The number of halogens is 2. The molecular formula is C15H16F2N4O. The molecule has 0 aliphatic heterocycles. The Morgan fingerprint density at radius 1 is 1.23 bits per heavy atom. The van der Waals surface area contributed by atoms with Crippen molar-refractivity contribution in [2.24, 2.45) is 0 Å². The number of carbonyl (C=O) groups is 1. The first-order valence-electron chi connectivity index (χ1n) is 6.79. The van der Waals surface area contributed by atoms with Crippen LogP contribution in [-0.2, 0) is 13.0 Å². The summed E-state index contributed by atoms with van der Waals surface area (Å²) >= 11 is 0. The number of urea groups is 1. The van der Waals surface area contributed by atoms with Gasteiger partial charge in [0, 0.05) is 12.7 Å². The fourth-order valence-electron chi connectivity index (χ4n) is 1.88. The molecule has 0 unspecified atom stereocenters. The molecule has 0 radical (unpaired) electrons. The van der Waals surface area contributed by atoms with Crippen molar-refractivity contribution in [3.05, 3.63) is 59.2 Å². The molecule has 0 saturated heterocycles. The Bertz CT molecular complexity index is 664. The lowest BCUT2D eigenvalue weighted by Crippen LogP contribution is -2.36. The van der Waals surface area contributed by atoms with E-state index in [4.69, 9.17) is 0 Å². The Kier molecular flexibility index (Phi) is 5.35. The second-order valence-corrected chi connectivity index (χ2v) is 4.69. The molecule has 22 heavy (non-hydrogen) atoms. The van der Waals surface area contributed by atoms with Gasteiger partial charge in [0.25, 0.3) is 0 Å². The second kappa shape index (κ2) is 7.44. The molecule has 2 aromatic rings. The van der Waals surface area contributed by atoms with Gasteiger partial charge in [0.05, 0.1) is 12.2 Å². The summed E-state index contributed by atoms with van der Waals surface area (Å²) < 4.78 is 26.4. The third-order valence-electron chi connectivity index (χ3n) is 2.95. The number of aromatic nitrogens is 2. The number of nitrogens with zero attached hydrogens (tertiary/aromatic N) is 2. The summed E-state index contributed by atoms with van der Waals surface area (Å²) in [5, 5.41) is 5.21. The van der Waals surface area contributed by atoms with E-state index in [1.165, 1.54) is 0 Å². The molecule has 5 nitrogen and oxygen atoms in total. The number of benzene rings is 1. The fraction of sp³-hybridized carbons (Fsp3) is 0.267. The molecule has 2 N–H and O–H groups in total. The van der Waals surface area contributed by atoms with Gasteiger partial charge in [0.1, 0.15) is 17.5 Å². The predicted molar refractivity (Wildman–Crippen MR) is 77.1 cm³/mol. The van der Waals surface area contributed by atoms with Crippen LogP contribution in [-0.4, -0.2) is 22.5 Å². The SMILES string of the molecule is Cc1nccc(CNC(=O)NCCc2cc(F)ccc2F)n1. The summed E-state index contributed by atoms with van der Waals surface area (Å²) in [6.07, 6.45) is 1.83. The maximum atomic E-state index is 13.4. The molecule has 2 amide bonds. The maximum absolute atomic E-state index is 13.4. The highest BCUT2D eigenvalue weighted by Gasteiger charge is 2.05. The normalized spacial score (nSPS) is 10.3. The van der Waals surface area contributed by atoms with Crippen molar-refractivity contribution in [3.63, 3.8) is 0 Å². The highest BCUT2D eigenvalue weighted by molar-refractivity contribution is 5.73. The van der Waals surface area contributed by atoms with Crippen molar-refractivity contribution in [1.29, 1.82) is 0 Å². The van der Waals surface area contributed by atoms with Crippen LogP contribution >= 0.6 is 0 Å². The Hall–Kier alpha value is -2.57. The number of carbonyl (C=O) groups excluding carboxylic acids is 1. The third kappa shape index (κ3) is 4.76. The number of hydrogen-bond donors (Lipinski definition) is 2. The van der Waals surface area contributed by atoms with Gasteiger partial charge < -0.3 is 10.6 Å². The monoisotopic (exact) mass is 306 g/mol. The lowest BCUT2D eigenvalue weighted by molar-refractivity contribution is 0.240. The smallest absolute Gasteiger partial charge is 0.315 e. The molecule has 7 heteroatoms. The van der Waals surface area contributed by atoms with Gasteiger partial charge >= 0.3 is 6.03 Å². The zero-order chi connectivity index (χ0) is 15.9. The minimum Gasteiger partial charge on any atom is -0.338 e. The Labute approximate surface area is 126 Å². The number of nitrogens with one attached hydrogen (secondary N) is 2. The Morgan fingerprint density at radius 3 is 2.82 bits per heavy atom. The van der Waals surface area contributed by atoms with E-state index in [-0.39, 0.29) is 25.1 Å². The first-order valence-corrected chi connectivity index (χ1v) is 6.79. The standard InChI is InChI=1S/C15H16F2N4O/c1-10-18-7-5-13(21-10)9-20-15(22)19-6-4-11-8-12(16)2-3-14(11)17/h2-3,5,7-8H,4,6,9H2,1H3,(H2,19,20,22). The van der Waals surface area contributed by atoms with E-state index >= 15 is 0 Å². The summed E-state index contributed by atoms with van der Waals surface area (Å²) in [7, 11) is 0. The van der Waals surface area contributed by atoms with E-state index in [9.17, 15) is 13.6 Å². The average molecular weight is 306 g/mol. The molecule has 0 saturated carbocycles. The molecule has 0 bridgehead atoms. The summed E-state index contributed by atoms with van der Waals surface area (Å²) in [4.78, 5) is 19.7. The number of aryl methyl sites for hydroxylation is 1. The van der Waals surface area contributed by atoms with Crippen LogP contribution in [0.15, 0.2) is 30.5 Å². The topological polar surface area (TPSA) is 66.9 Å². The van der Waals surface area contributed by atoms with Crippen molar-refractivity contribution in [2.75, 3.05) is 6.54 Å². The van der Waals surface area contributed by atoms with Crippen LogP contribution in [0.25, 0.3) is 0 Å². The number of hydrogen-bond acceptors (Lipinski definition) is 3. The highest BCUT2D eigenvalue weighted by atomic mass is 19.1. The zero-order valence-corrected chi connectivity index (χ0v) is 12.1. The minimum absolute atomic E-state index is 0.203. The minimum atomic E-state index is -0.500. The molecule has 0 spiro atoms. The van der Waals surface area contributed by atoms with Gasteiger partial charge in [-0.05, 0) is 43.2 Å². The summed E-state index contributed by atoms with van der Waals surface area (Å²) in [6, 6.07) is 4.56. The van der Waals surface area contributed by atoms with E-state index < -0.39 is 17.7 Å². The molecule has 1 aromatic heterocycles. The van der Waals surface area contributed by atoms with E-state index in [0.29, 0.717) is 11.5 Å². The first kappa shape index (κ1) is 15.8. The van der Waals surface area contributed by atoms with Gasteiger partial charge in [-0.15, -0.1) is 0 Å². The predicted octanol–water partition coefficient (Wildman–Crippen LogP) is 2.11. The van der Waals surface area contributed by atoms with Gasteiger partial charge in [-0.1, -0.05) is 0 Å². The molecule has 1 heterocycles. The molecule has 0 fully saturated rings. The van der Waals surface area contributed by atoms with Crippen LogP contribution in [0.2, 0.25) is 0 Å². The number of rotatable bonds is 5. The molecule has 0 atom stereocenters. The Balaban J connectivity index is 1.75. The van der Waals surface area contributed by atoms with E-state index in [2.05, 4.69) is 20.6 Å². The summed E-state index contributed by atoms with van der Waals surface area (Å²) in [6.45, 7) is 2.23. The summed E-state index contributed by atoms with van der Waals surface area (Å²) in [5.41, 5.74) is 0.922. The summed E-state index contributed by atoms with van der Waals surface area (Å²) in [5.74, 6) is -0.360. The maximum Gasteiger partial charge on any atom is 0.315 e. The lowest BCUT2D eigenvalue weighted by atomic mass is 10.1. The van der Waals surface area contributed by atoms with Gasteiger partial charge in [0.15, 0.2) is 0 Å². The van der Waals surface area contributed by atoms with E-state index in [1.54, 1.807) is 19.2 Å². The van der Waals surface area contributed by atoms with Crippen molar-refractivity contribution in [3.8, 4) is 0 Å². The van der Waals surface area contributed by atoms with Crippen LogP contribution in [0.4, 0.5) is 13.6 Å². The van der Waals surface area contributed by atoms with Crippen molar-refractivity contribution in [2.45, 2.75) is 19.9 Å². The lowest BCUT2D eigenvalue weighted by Gasteiger charge is -2.08.